The Labute approximate surface area is 162 Å². The van der Waals surface area contributed by atoms with Crippen LogP contribution in [-0.4, -0.2) is 53.3 Å². The molecule has 1 aromatic heterocycles. The van der Waals surface area contributed by atoms with Crippen LogP contribution in [0.25, 0.3) is 10.9 Å². The first-order chi connectivity index (χ1) is 13.6. The Morgan fingerprint density at radius 3 is 2.64 bits per heavy atom. The molecule has 0 radical (unpaired) electrons. The Kier molecular flexibility index (Phi) is 3.69. The van der Waals surface area contributed by atoms with Gasteiger partial charge in [-0.25, -0.2) is 0 Å². The molecule has 1 N–H and O–H groups in total. The van der Waals surface area contributed by atoms with Crippen molar-refractivity contribution >= 4 is 22.7 Å². The Balaban J connectivity index is 1.79. The number of para-hydroxylation sites is 2. The van der Waals surface area contributed by atoms with Gasteiger partial charge in [0.2, 0.25) is 11.8 Å². The van der Waals surface area contributed by atoms with Crippen molar-refractivity contribution in [2.75, 3.05) is 20.7 Å². The van der Waals surface area contributed by atoms with Crippen LogP contribution in [0.1, 0.15) is 22.9 Å². The summed E-state index contributed by atoms with van der Waals surface area (Å²) in [5.41, 5.74) is 3.96. The molecule has 142 valence electrons. The van der Waals surface area contributed by atoms with Crippen molar-refractivity contribution in [2.24, 2.45) is 0 Å². The number of nitrogens with zero attached hydrogens (tertiary/aromatic N) is 2. The molecule has 0 saturated carbocycles. The first kappa shape index (κ1) is 16.9. The molecule has 0 unspecified atom stereocenters. The summed E-state index contributed by atoms with van der Waals surface area (Å²) >= 11 is 0. The van der Waals surface area contributed by atoms with Gasteiger partial charge >= 0.3 is 0 Å². The fraction of sp³-hybridized carbons (Fsp3) is 0.273. The second-order valence-electron chi connectivity index (χ2n) is 7.42. The molecule has 3 aromatic rings. The van der Waals surface area contributed by atoms with E-state index in [1.807, 2.05) is 42.5 Å². The molecule has 0 aliphatic carbocycles. The highest BCUT2D eigenvalue weighted by atomic mass is 16.5. The predicted molar refractivity (Wildman–Crippen MR) is 105 cm³/mol. The Hall–Kier alpha value is -3.28. The van der Waals surface area contributed by atoms with Crippen LogP contribution in [-0.2, 0) is 16.0 Å². The number of fused-ring (bicyclic) bond motifs is 4. The fourth-order valence-electron chi connectivity index (χ4n) is 4.62. The molecule has 28 heavy (non-hydrogen) atoms. The lowest BCUT2D eigenvalue weighted by Gasteiger charge is -2.46. The Morgan fingerprint density at radius 2 is 1.82 bits per heavy atom. The summed E-state index contributed by atoms with van der Waals surface area (Å²) < 4.78 is 5.60. The van der Waals surface area contributed by atoms with Crippen molar-refractivity contribution in [3.8, 4) is 5.75 Å². The maximum atomic E-state index is 13.1. The number of likely N-dealkylation sites (N-methyl/N-ethyl adjacent to an activating group) is 1. The molecule has 3 heterocycles. The highest BCUT2D eigenvalue weighted by Gasteiger charge is 2.47. The van der Waals surface area contributed by atoms with Crippen LogP contribution in [0.2, 0.25) is 0 Å². The van der Waals surface area contributed by atoms with Gasteiger partial charge in [-0.3, -0.25) is 9.59 Å². The van der Waals surface area contributed by atoms with Crippen LogP contribution in [0, 0.1) is 0 Å². The van der Waals surface area contributed by atoms with Gasteiger partial charge in [0, 0.05) is 35.6 Å². The topological polar surface area (TPSA) is 65.6 Å². The number of amides is 2. The number of hydrogen-bond donors (Lipinski definition) is 1. The normalized spacial score (nSPS) is 21.6. The van der Waals surface area contributed by atoms with Gasteiger partial charge in [0.15, 0.2) is 0 Å². The van der Waals surface area contributed by atoms with Crippen LogP contribution in [0.3, 0.4) is 0 Å². The molecule has 2 aliphatic rings. The highest BCUT2D eigenvalue weighted by molar-refractivity contribution is 5.97. The third-order valence-electron chi connectivity index (χ3n) is 5.89. The van der Waals surface area contributed by atoms with Gasteiger partial charge in [0.1, 0.15) is 17.8 Å². The van der Waals surface area contributed by atoms with E-state index in [4.69, 9.17) is 4.74 Å². The molecule has 6 heteroatoms. The van der Waals surface area contributed by atoms with Gasteiger partial charge in [-0.05, 0) is 17.7 Å². The standard InChI is InChI=1S/C22H21N3O3/c1-24-12-19(26)25-17(22(24)27)11-15-13-7-3-5-9-16(13)23-20(15)21(25)14-8-4-6-10-18(14)28-2/h3-10,17,21,23H,11-12H2,1-2H3/t17-,21+/m1/s1. The zero-order valence-electron chi connectivity index (χ0n) is 15.8. The quantitative estimate of drug-likeness (QED) is 0.748. The van der Waals surface area contributed by atoms with Crippen molar-refractivity contribution in [1.29, 1.82) is 0 Å². The van der Waals surface area contributed by atoms with Crippen LogP contribution >= 0.6 is 0 Å². The fourth-order valence-corrected chi connectivity index (χ4v) is 4.62. The second kappa shape index (κ2) is 6.12. The van der Waals surface area contributed by atoms with Gasteiger partial charge in [-0.1, -0.05) is 36.4 Å². The molecule has 2 amide bonds. The molecule has 1 saturated heterocycles. The van der Waals surface area contributed by atoms with E-state index in [-0.39, 0.29) is 24.4 Å². The van der Waals surface area contributed by atoms with Gasteiger partial charge in [0.05, 0.1) is 13.7 Å². The number of piperazine rings is 1. The first-order valence-corrected chi connectivity index (χ1v) is 9.38. The lowest BCUT2D eigenvalue weighted by molar-refractivity contribution is -0.157. The molecular formula is C22H21N3O3. The van der Waals surface area contributed by atoms with Crippen LogP contribution in [0.5, 0.6) is 5.75 Å². The third kappa shape index (κ3) is 2.27. The van der Waals surface area contributed by atoms with Crippen molar-refractivity contribution in [3.63, 3.8) is 0 Å². The molecule has 2 aromatic carbocycles. The molecular weight excluding hydrogens is 354 g/mol. The van der Waals surface area contributed by atoms with Gasteiger partial charge in [0.25, 0.3) is 0 Å². The van der Waals surface area contributed by atoms with Gasteiger partial charge in [-0.15, -0.1) is 0 Å². The van der Waals surface area contributed by atoms with Crippen molar-refractivity contribution in [2.45, 2.75) is 18.5 Å². The number of aromatic amines is 1. The number of carbonyl (C=O) groups excluding carboxylic acids is 2. The maximum absolute atomic E-state index is 13.1. The summed E-state index contributed by atoms with van der Waals surface area (Å²) in [7, 11) is 3.32. The lowest BCUT2D eigenvalue weighted by Crippen LogP contribution is -2.62. The molecule has 2 aliphatic heterocycles. The number of methoxy groups -OCH3 is 1. The summed E-state index contributed by atoms with van der Waals surface area (Å²) in [6, 6.07) is 14.9. The van der Waals surface area contributed by atoms with Gasteiger partial charge < -0.3 is 19.5 Å². The maximum Gasteiger partial charge on any atom is 0.245 e. The summed E-state index contributed by atoms with van der Waals surface area (Å²) in [6.07, 6.45) is 0.514. The van der Waals surface area contributed by atoms with E-state index in [9.17, 15) is 9.59 Å². The smallest absolute Gasteiger partial charge is 0.245 e. The highest BCUT2D eigenvalue weighted by Crippen LogP contribution is 2.44. The number of ether oxygens (including phenoxy) is 1. The minimum Gasteiger partial charge on any atom is -0.496 e. The van der Waals surface area contributed by atoms with E-state index in [2.05, 4.69) is 11.1 Å². The summed E-state index contributed by atoms with van der Waals surface area (Å²) in [5.74, 6) is 0.639. The van der Waals surface area contributed by atoms with E-state index < -0.39 is 6.04 Å². The third-order valence-corrected chi connectivity index (χ3v) is 5.89. The van der Waals surface area contributed by atoms with Crippen LogP contribution < -0.4 is 4.74 Å². The molecule has 2 atom stereocenters. The van der Waals surface area contributed by atoms with E-state index in [1.165, 1.54) is 4.90 Å². The average molecular weight is 375 g/mol. The molecule has 0 bridgehead atoms. The zero-order valence-corrected chi connectivity index (χ0v) is 15.8. The zero-order chi connectivity index (χ0) is 19.4. The number of aromatic nitrogens is 1. The molecule has 0 spiro atoms. The largest absolute Gasteiger partial charge is 0.496 e. The Morgan fingerprint density at radius 1 is 1.07 bits per heavy atom. The Bertz CT molecular complexity index is 1100. The van der Waals surface area contributed by atoms with E-state index in [0.29, 0.717) is 12.2 Å². The molecule has 5 rings (SSSR count). The monoisotopic (exact) mass is 375 g/mol. The lowest BCUT2D eigenvalue weighted by atomic mass is 9.86. The first-order valence-electron chi connectivity index (χ1n) is 9.38. The molecule has 6 nitrogen and oxygen atoms in total. The SMILES string of the molecule is COc1ccccc1[C@H]1c2[nH]c3ccccc3c2C[C@@H]2C(=O)N(C)CC(=O)N12. The number of nitrogens with one attached hydrogen (secondary N) is 1. The van der Waals surface area contributed by atoms with E-state index in [1.54, 1.807) is 19.1 Å². The number of hydrogen-bond acceptors (Lipinski definition) is 3. The van der Waals surface area contributed by atoms with E-state index >= 15 is 0 Å². The number of benzene rings is 2. The van der Waals surface area contributed by atoms with Crippen molar-refractivity contribution in [1.82, 2.24) is 14.8 Å². The second-order valence-corrected chi connectivity index (χ2v) is 7.42. The number of H-pyrrole nitrogens is 1. The minimum atomic E-state index is -0.507. The predicted octanol–water partition coefficient (Wildman–Crippen LogP) is 2.49. The van der Waals surface area contributed by atoms with Crippen LogP contribution in [0.4, 0.5) is 0 Å². The summed E-state index contributed by atoms with van der Waals surface area (Å²) in [5, 5.41) is 1.10. The summed E-state index contributed by atoms with van der Waals surface area (Å²) in [6.45, 7) is 0.0938. The number of carbonyl (C=O) groups is 2. The number of rotatable bonds is 2. The molecule has 1 fully saturated rings. The van der Waals surface area contributed by atoms with E-state index in [0.717, 1.165) is 27.7 Å². The van der Waals surface area contributed by atoms with Crippen LogP contribution in [0.15, 0.2) is 48.5 Å². The van der Waals surface area contributed by atoms with Gasteiger partial charge in [-0.2, -0.15) is 0 Å². The minimum absolute atomic E-state index is 0.0181. The average Bonchev–Trinajstić information content (AvgIpc) is 3.09. The van der Waals surface area contributed by atoms with Crippen molar-refractivity contribution in [3.05, 3.63) is 65.4 Å². The summed E-state index contributed by atoms with van der Waals surface area (Å²) in [4.78, 5) is 32.9. The van der Waals surface area contributed by atoms with Crippen molar-refractivity contribution < 1.29 is 14.3 Å².